The van der Waals surface area contributed by atoms with E-state index in [1.54, 1.807) is 0 Å². The fourth-order valence-electron chi connectivity index (χ4n) is 2.59. The first kappa shape index (κ1) is 10.8. The van der Waals surface area contributed by atoms with Gasteiger partial charge in [0.1, 0.15) is 5.58 Å². The summed E-state index contributed by atoms with van der Waals surface area (Å²) in [6.07, 6.45) is 3.61. The molecule has 1 aliphatic rings. The van der Waals surface area contributed by atoms with E-state index in [0.29, 0.717) is 0 Å². The van der Waals surface area contributed by atoms with E-state index in [-0.39, 0.29) is 12.0 Å². The van der Waals surface area contributed by atoms with Gasteiger partial charge in [-0.3, -0.25) is 0 Å². The first-order valence-corrected chi connectivity index (χ1v) is 6.01. The van der Waals surface area contributed by atoms with E-state index in [1.165, 1.54) is 10.9 Å². The Morgan fingerprint density at radius 3 is 2.76 bits per heavy atom. The predicted molar refractivity (Wildman–Crippen MR) is 65.0 cm³/mol. The van der Waals surface area contributed by atoms with E-state index < -0.39 is 0 Å². The number of rotatable bonds is 4. The minimum Gasteiger partial charge on any atom is -0.464 e. The Hall–Kier alpha value is -1.32. The van der Waals surface area contributed by atoms with Crippen LogP contribution in [0.25, 0.3) is 11.0 Å². The zero-order valence-electron chi connectivity index (χ0n) is 9.69. The van der Waals surface area contributed by atoms with Crippen LogP contribution in [0.2, 0.25) is 0 Å². The molecule has 3 nitrogen and oxygen atoms in total. The van der Waals surface area contributed by atoms with Crippen LogP contribution in [0, 0.1) is 0 Å². The molecule has 0 bridgehead atoms. The van der Waals surface area contributed by atoms with Crippen LogP contribution in [0.3, 0.4) is 0 Å². The Morgan fingerprint density at radius 1 is 1.24 bits per heavy atom. The van der Waals surface area contributed by atoms with Gasteiger partial charge in [0, 0.05) is 23.0 Å². The van der Waals surface area contributed by atoms with E-state index in [4.69, 9.17) is 14.3 Å². The van der Waals surface area contributed by atoms with Gasteiger partial charge in [-0.25, -0.2) is 0 Å². The number of furan rings is 1. The number of hydrogen-bond donors (Lipinski definition) is 1. The second-order valence-corrected chi connectivity index (χ2v) is 4.75. The zero-order valence-corrected chi connectivity index (χ0v) is 9.69. The first-order valence-electron chi connectivity index (χ1n) is 6.01. The average molecular weight is 232 g/mol. The Kier molecular flexibility index (Phi) is 2.65. The molecule has 2 aromatic rings. The average Bonchev–Trinajstić information content (AvgIpc) is 2.73. The molecule has 90 valence electrons. The largest absolute Gasteiger partial charge is 0.464 e. The fourth-order valence-corrected chi connectivity index (χ4v) is 2.59. The lowest BCUT2D eigenvalue weighted by Crippen LogP contribution is -2.46. The van der Waals surface area contributed by atoms with E-state index in [0.717, 1.165) is 31.6 Å². The number of aliphatic hydroxyl groups is 1. The molecule has 0 atom stereocenters. The summed E-state index contributed by atoms with van der Waals surface area (Å²) in [6.45, 7) is 1.70. The molecule has 0 spiro atoms. The summed E-state index contributed by atoms with van der Waals surface area (Å²) >= 11 is 0. The fraction of sp³-hybridized carbons (Fsp3) is 0.429. The number of ether oxygens (including phenoxy) is 1. The van der Waals surface area contributed by atoms with Gasteiger partial charge in [-0.05, 0) is 18.9 Å². The van der Waals surface area contributed by atoms with Gasteiger partial charge < -0.3 is 14.3 Å². The Labute approximate surface area is 100.0 Å². The number of para-hydroxylation sites is 1. The second kappa shape index (κ2) is 4.17. The summed E-state index contributed by atoms with van der Waals surface area (Å²) in [4.78, 5) is 0. The van der Waals surface area contributed by atoms with Crippen molar-refractivity contribution in [1.29, 1.82) is 0 Å². The molecule has 0 aliphatic carbocycles. The Morgan fingerprint density at radius 2 is 2.06 bits per heavy atom. The Bertz CT molecular complexity index is 511. The minimum atomic E-state index is 0.0509. The lowest BCUT2D eigenvalue weighted by Gasteiger charge is -2.41. The highest BCUT2D eigenvalue weighted by Gasteiger charge is 2.41. The number of fused-ring (bicyclic) bond motifs is 1. The predicted octanol–water partition coefficient (Wildman–Crippen LogP) is 2.47. The molecule has 1 N–H and O–H groups in total. The molecule has 1 aromatic carbocycles. The van der Waals surface area contributed by atoms with Gasteiger partial charge in [0.05, 0.1) is 19.5 Å². The molecule has 0 saturated carbocycles. The molecule has 2 heterocycles. The smallest absolute Gasteiger partial charge is 0.134 e. The molecular formula is C14H16O3. The van der Waals surface area contributed by atoms with Crippen LogP contribution >= 0.6 is 0 Å². The van der Waals surface area contributed by atoms with E-state index in [1.807, 2.05) is 24.5 Å². The van der Waals surface area contributed by atoms with E-state index in [9.17, 15) is 0 Å². The molecule has 0 radical (unpaired) electrons. The van der Waals surface area contributed by atoms with Crippen molar-refractivity contribution in [2.24, 2.45) is 0 Å². The number of aliphatic hydroxyl groups excluding tert-OH is 1. The van der Waals surface area contributed by atoms with Gasteiger partial charge in [0.25, 0.3) is 0 Å². The highest BCUT2D eigenvalue weighted by atomic mass is 16.5. The maximum absolute atomic E-state index is 9.00. The highest BCUT2D eigenvalue weighted by Crippen LogP contribution is 2.41. The molecule has 0 amide bonds. The number of benzene rings is 1. The van der Waals surface area contributed by atoms with Crippen molar-refractivity contribution >= 4 is 11.0 Å². The molecule has 0 unspecified atom stereocenters. The summed E-state index contributed by atoms with van der Waals surface area (Å²) in [5.74, 6) is 0. The van der Waals surface area contributed by atoms with E-state index >= 15 is 0 Å². The van der Waals surface area contributed by atoms with Gasteiger partial charge >= 0.3 is 0 Å². The van der Waals surface area contributed by atoms with Gasteiger partial charge in [-0.1, -0.05) is 18.2 Å². The van der Waals surface area contributed by atoms with Crippen LogP contribution in [-0.2, 0) is 10.2 Å². The molecule has 1 saturated heterocycles. The lowest BCUT2D eigenvalue weighted by atomic mass is 9.75. The molecule has 1 aliphatic heterocycles. The zero-order chi connectivity index (χ0) is 11.7. The maximum Gasteiger partial charge on any atom is 0.134 e. The molecule has 17 heavy (non-hydrogen) atoms. The molecule has 3 heteroatoms. The minimum absolute atomic E-state index is 0.0509. The van der Waals surface area contributed by atoms with Crippen molar-refractivity contribution in [3.63, 3.8) is 0 Å². The first-order chi connectivity index (χ1) is 8.36. The quantitative estimate of drug-likeness (QED) is 0.880. The number of hydrogen-bond acceptors (Lipinski definition) is 3. The van der Waals surface area contributed by atoms with Gasteiger partial charge in [-0.2, -0.15) is 0 Å². The maximum atomic E-state index is 9.00. The molecule has 1 fully saturated rings. The van der Waals surface area contributed by atoms with E-state index in [2.05, 4.69) is 6.07 Å². The monoisotopic (exact) mass is 232 g/mol. The normalized spacial score (nSPS) is 18.2. The van der Waals surface area contributed by atoms with Crippen molar-refractivity contribution in [2.75, 3.05) is 19.8 Å². The van der Waals surface area contributed by atoms with Crippen LogP contribution in [-0.4, -0.2) is 24.9 Å². The van der Waals surface area contributed by atoms with Crippen LogP contribution in [0.5, 0.6) is 0 Å². The lowest BCUT2D eigenvalue weighted by molar-refractivity contribution is -0.0661. The van der Waals surface area contributed by atoms with Crippen molar-refractivity contribution in [3.05, 3.63) is 36.1 Å². The summed E-state index contributed by atoms with van der Waals surface area (Å²) in [5.41, 5.74) is 2.21. The van der Waals surface area contributed by atoms with Crippen LogP contribution in [0.15, 0.2) is 34.9 Å². The highest BCUT2D eigenvalue weighted by molar-refractivity contribution is 5.82. The standard InChI is InChI=1S/C14H16O3/c15-7-3-6-14(9-16-10-14)12-8-17-13-5-2-1-4-11(12)13/h1-2,4-5,8,15H,3,6-7,9-10H2. The van der Waals surface area contributed by atoms with Crippen molar-refractivity contribution in [2.45, 2.75) is 18.3 Å². The summed E-state index contributed by atoms with van der Waals surface area (Å²) in [7, 11) is 0. The van der Waals surface area contributed by atoms with Crippen LogP contribution < -0.4 is 0 Å². The molecular weight excluding hydrogens is 216 g/mol. The second-order valence-electron chi connectivity index (χ2n) is 4.75. The summed E-state index contributed by atoms with van der Waals surface area (Å²) in [6, 6.07) is 8.08. The van der Waals surface area contributed by atoms with Crippen molar-refractivity contribution in [1.82, 2.24) is 0 Å². The van der Waals surface area contributed by atoms with Gasteiger partial charge in [0.15, 0.2) is 0 Å². The Balaban J connectivity index is 2.01. The third-order valence-electron chi connectivity index (χ3n) is 3.62. The van der Waals surface area contributed by atoms with Crippen molar-refractivity contribution < 1.29 is 14.3 Å². The van der Waals surface area contributed by atoms with Crippen molar-refractivity contribution in [3.8, 4) is 0 Å². The molecule has 1 aromatic heterocycles. The van der Waals surface area contributed by atoms with Crippen LogP contribution in [0.4, 0.5) is 0 Å². The van der Waals surface area contributed by atoms with Gasteiger partial charge in [-0.15, -0.1) is 0 Å². The topological polar surface area (TPSA) is 42.6 Å². The van der Waals surface area contributed by atoms with Crippen LogP contribution in [0.1, 0.15) is 18.4 Å². The third-order valence-corrected chi connectivity index (χ3v) is 3.62. The third kappa shape index (κ3) is 1.66. The molecule has 3 rings (SSSR count). The van der Waals surface area contributed by atoms with Gasteiger partial charge in [0.2, 0.25) is 0 Å². The summed E-state index contributed by atoms with van der Waals surface area (Å²) < 4.78 is 11.0. The summed E-state index contributed by atoms with van der Waals surface area (Å²) in [5, 5.41) is 10.2. The SMILES string of the molecule is OCCCC1(c2coc3ccccc23)COC1.